The van der Waals surface area contributed by atoms with Crippen LogP contribution in [0, 0.1) is 34.6 Å². The molecule has 0 bridgehead atoms. The number of rotatable bonds is 4. The summed E-state index contributed by atoms with van der Waals surface area (Å²) >= 11 is 0. The Morgan fingerprint density at radius 3 is 1.05 bits per heavy atom. The maximum atomic E-state index is 9.92. The number of aryl methyl sites for hydroxylation is 5. The zero-order valence-electron chi connectivity index (χ0n) is 25.1. The molecule has 5 aromatic rings. The normalized spacial score (nSPS) is 11.6. The summed E-state index contributed by atoms with van der Waals surface area (Å²) in [5.41, 5.74) is 17.4. The number of benzene rings is 5. The Bertz CT molecular complexity index is 1730. The van der Waals surface area contributed by atoms with Gasteiger partial charge in [-0.3, -0.25) is 0 Å². The Morgan fingerprint density at radius 1 is 0.400 bits per heavy atom. The number of phenolic OH excluding ortho intramolecular Hbond substituents is 1. The standard InChI is InChI=1S/C39H40O/c1-24-19-29(35-15-11-31(21-25(35)2)37-17-13-33(23-27(37)4)39(6,7)8)9-14-34(24)30-10-16-36(26(3)20-30)32-12-18-38(40)28(5)22-32/h9-23,40H,1-8H3. The smallest absolute Gasteiger partial charge is 0.118 e. The molecule has 0 fully saturated rings. The highest BCUT2D eigenvalue weighted by Gasteiger charge is 2.16. The first-order valence-corrected chi connectivity index (χ1v) is 14.2. The number of aromatic hydroxyl groups is 1. The second kappa shape index (κ2) is 10.5. The molecule has 0 aliphatic heterocycles. The van der Waals surface area contributed by atoms with Crippen LogP contribution in [0.2, 0.25) is 0 Å². The van der Waals surface area contributed by atoms with Gasteiger partial charge in [0, 0.05) is 0 Å². The molecule has 0 spiro atoms. The highest BCUT2D eigenvalue weighted by atomic mass is 16.3. The summed E-state index contributed by atoms with van der Waals surface area (Å²) in [6.45, 7) is 17.5. The molecule has 1 N–H and O–H groups in total. The zero-order valence-corrected chi connectivity index (χ0v) is 25.1. The molecule has 0 aromatic heterocycles. The first kappa shape index (κ1) is 27.5. The number of phenols is 1. The molecule has 202 valence electrons. The van der Waals surface area contributed by atoms with Crippen molar-refractivity contribution in [1.29, 1.82) is 0 Å². The summed E-state index contributed by atoms with van der Waals surface area (Å²) < 4.78 is 0. The monoisotopic (exact) mass is 524 g/mol. The van der Waals surface area contributed by atoms with Crippen LogP contribution in [-0.4, -0.2) is 5.11 Å². The van der Waals surface area contributed by atoms with Crippen molar-refractivity contribution >= 4 is 0 Å². The average Bonchev–Trinajstić information content (AvgIpc) is 2.89. The van der Waals surface area contributed by atoms with E-state index in [-0.39, 0.29) is 5.41 Å². The van der Waals surface area contributed by atoms with E-state index in [4.69, 9.17) is 0 Å². The van der Waals surface area contributed by atoms with Crippen LogP contribution in [0.25, 0.3) is 44.5 Å². The van der Waals surface area contributed by atoms with Gasteiger partial charge < -0.3 is 5.11 Å². The predicted octanol–water partition coefficient (Wildman–Crippen LogP) is 10.9. The van der Waals surface area contributed by atoms with Gasteiger partial charge in [0.2, 0.25) is 0 Å². The van der Waals surface area contributed by atoms with Crippen LogP contribution >= 0.6 is 0 Å². The molecule has 5 rings (SSSR count). The Hall–Kier alpha value is -4.10. The largest absolute Gasteiger partial charge is 0.508 e. The van der Waals surface area contributed by atoms with E-state index in [0.717, 1.165) is 11.1 Å². The van der Waals surface area contributed by atoms with Gasteiger partial charge in [-0.1, -0.05) is 99.6 Å². The summed E-state index contributed by atoms with van der Waals surface area (Å²) in [5.74, 6) is 0.337. The van der Waals surface area contributed by atoms with Gasteiger partial charge in [0.25, 0.3) is 0 Å². The third-order valence-corrected chi connectivity index (χ3v) is 8.21. The minimum absolute atomic E-state index is 0.152. The van der Waals surface area contributed by atoms with Crippen molar-refractivity contribution in [3.63, 3.8) is 0 Å². The van der Waals surface area contributed by atoms with Crippen molar-refractivity contribution in [2.45, 2.75) is 60.8 Å². The van der Waals surface area contributed by atoms with Gasteiger partial charge in [-0.25, -0.2) is 0 Å². The van der Waals surface area contributed by atoms with Gasteiger partial charge in [-0.2, -0.15) is 0 Å². The molecule has 5 aromatic carbocycles. The zero-order chi connectivity index (χ0) is 28.8. The van der Waals surface area contributed by atoms with E-state index in [2.05, 4.69) is 121 Å². The minimum Gasteiger partial charge on any atom is -0.508 e. The maximum absolute atomic E-state index is 9.92. The van der Waals surface area contributed by atoms with Crippen LogP contribution < -0.4 is 0 Å². The van der Waals surface area contributed by atoms with Crippen LogP contribution in [-0.2, 0) is 5.41 Å². The lowest BCUT2D eigenvalue weighted by atomic mass is 9.84. The van der Waals surface area contributed by atoms with Crippen molar-refractivity contribution in [1.82, 2.24) is 0 Å². The fourth-order valence-corrected chi connectivity index (χ4v) is 5.74. The fourth-order valence-electron chi connectivity index (χ4n) is 5.74. The van der Waals surface area contributed by atoms with E-state index in [1.165, 1.54) is 66.8 Å². The summed E-state index contributed by atoms with van der Waals surface area (Å²) in [7, 11) is 0. The average molecular weight is 525 g/mol. The maximum Gasteiger partial charge on any atom is 0.118 e. The van der Waals surface area contributed by atoms with Crippen LogP contribution in [0.1, 0.15) is 54.2 Å². The second-order valence-electron chi connectivity index (χ2n) is 12.4. The molecule has 0 aliphatic carbocycles. The lowest BCUT2D eigenvalue weighted by Gasteiger charge is -2.21. The Balaban J connectivity index is 1.43. The lowest BCUT2D eigenvalue weighted by molar-refractivity contribution is 0.471. The Morgan fingerprint density at radius 2 is 0.725 bits per heavy atom. The molecule has 0 saturated heterocycles. The van der Waals surface area contributed by atoms with Crippen molar-refractivity contribution in [3.05, 3.63) is 124 Å². The van der Waals surface area contributed by atoms with Crippen molar-refractivity contribution in [2.24, 2.45) is 0 Å². The molecule has 0 unspecified atom stereocenters. The summed E-state index contributed by atoms with van der Waals surface area (Å²) in [5, 5.41) is 9.92. The SMILES string of the molecule is Cc1cc(-c2ccc(-c3ccc(-c4ccc(-c5ccc(C(C)(C)C)cc5C)cc4C)cc3C)cc2C)ccc1O. The van der Waals surface area contributed by atoms with Gasteiger partial charge in [-0.05, 0) is 130 Å². The predicted molar refractivity (Wildman–Crippen MR) is 172 cm³/mol. The van der Waals surface area contributed by atoms with Crippen molar-refractivity contribution < 1.29 is 5.11 Å². The number of hydrogen-bond acceptors (Lipinski definition) is 1. The van der Waals surface area contributed by atoms with E-state index < -0.39 is 0 Å². The van der Waals surface area contributed by atoms with Crippen molar-refractivity contribution in [3.8, 4) is 50.3 Å². The van der Waals surface area contributed by atoms with Gasteiger partial charge >= 0.3 is 0 Å². The van der Waals surface area contributed by atoms with E-state index >= 15 is 0 Å². The molecule has 0 radical (unpaired) electrons. The lowest BCUT2D eigenvalue weighted by Crippen LogP contribution is -2.11. The fraction of sp³-hybridized carbons (Fsp3) is 0.231. The first-order valence-electron chi connectivity index (χ1n) is 14.2. The third-order valence-electron chi connectivity index (χ3n) is 8.21. The van der Waals surface area contributed by atoms with E-state index in [9.17, 15) is 5.11 Å². The van der Waals surface area contributed by atoms with Gasteiger partial charge in [0.1, 0.15) is 5.75 Å². The molecule has 0 heterocycles. The van der Waals surface area contributed by atoms with Gasteiger partial charge in [0.15, 0.2) is 0 Å². The minimum atomic E-state index is 0.152. The van der Waals surface area contributed by atoms with Gasteiger partial charge in [0.05, 0.1) is 0 Å². The third kappa shape index (κ3) is 5.34. The molecule has 1 heteroatoms. The summed E-state index contributed by atoms with van der Waals surface area (Å²) in [4.78, 5) is 0. The molecule has 0 atom stereocenters. The topological polar surface area (TPSA) is 20.2 Å². The summed E-state index contributed by atoms with van der Waals surface area (Å²) in [6.07, 6.45) is 0. The number of hydrogen-bond donors (Lipinski definition) is 1. The van der Waals surface area contributed by atoms with Crippen LogP contribution in [0.5, 0.6) is 5.75 Å². The molecule has 1 nitrogen and oxygen atoms in total. The van der Waals surface area contributed by atoms with Crippen molar-refractivity contribution in [2.75, 3.05) is 0 Å². The second-order valence-corrected chi connectivity index (χ2v) is 12.4. The van der Waals surface area contributed by atoms with Crippen LogP contribution in [0.4, 0.5) is 0 Å². The Kier molecular flexibility index (Phi) is 7.19. The first-order chi connectivity index (χ1) is 18.9. The molecular formula is C39H40O. The van der Waals surface area contributed by atoms with Gasteiger partial charge in [-0.15, -0.1) is 0 Å². The molecule has 0 amide bonds. The Labute approximate surface area is 240 Å². The quantitative estimate of drug-likeness (QED) is 0.248. The highest BCUT2D eigenvalue weighted by Crippen LogP contribution is 2.36. The van der Waals surface area contributed by atoms with E-state index in [1.54, 1.807) is 6.07 Å². The van der Waals surface area contributed by atoms with Crippen LogP contribution in [0.15, 0.2) is 91.0 Å². The highest BCUT2D eigenvalue weighted by molar-refractivity contribution is 5.80. The van der Waals surface area contributed by atoms with Crippen LogP contribution in [0.3, 0.4) is 0 Å². The summed E-state index contributed by atoms with van der Waals surface area (Å²) in [6, 6.07) is 33.0. The molecule has 0 saturated carbocycles. The van der Waals surface area contributed by atoms with E-state index in [0.29, 0.717) is 5.75 Å². The van der Waals surface area contributed by atoms with E-state index in [1.807, 2.05) is 19.1 Å². The molecular weight excluding hydrogens is 484 g/mol. The molecule has 40 heavy (non-hydrogen) atoms. The molecule has 0 aliphatic rings.